The van der Waals surface area contributed by atoms with Gasteiger partial charge in [0.05, 0.1) is 11.4 Å². The maximum Gasteiger partial charge on any atom is 0.251 e. The molecule has 0 atom stereocenters. The van der Waals surface area contributed by atoms with Crippen LogP contribution in [0.2, 0.25) is 0 Å². The first kappa shape index (κ1) is 15.0. The van der Waals surface area contributed by atoms with Gasteiger partial charge in [0.15, 0.2) is 0 Å². The van der Waals surface area contributed by atoms with Crippen molar-refractivity contribution >= 4 is 29.3 Å². The number of fused-ring (bicyclic) bond motifs is 1. The monoisotopic (exact) mass is 306 g/mol. The molecule has 1 N–H and O–H groups in total. The molecular weight excluding hydrogens is 288 g/mol. The van der Waals surface area contributed by atoms with Crippen LogP contribution < -0.4 is 10.2 Å². The maximum atomic E-state index is 12.5. The summed E-state index contributed by atoms with van der Waals surface area (Å²) in [5, 5.41) is 2.78. The van der Waals surface area contributed by atoms with Gasteiger partial charge in [-0.15, -0.1) is 0 Å². The molecule has 2 amide bonds. The Kier molecular flexibility index (Phi) is 3.98. The lowest BCUT2D eigenvalue weighted by Gasteiger charge is -2.28. The molecule has 0 aromatic heterocycles. The van der Waals surface area contributed by atoms with Gasteiger partial charge in [0.1, 0.15) is 6.54 Å². The predicted molar refractivity (Wildman–Crippen MR) is 92.4 cm³/mol. The zero-order valence-electron chi connectivity index (χ0n) is 13.2. The second-order valence-corrected chi connectivity index (χ2v) is 5.67. The molecule has 4 heteroatoms. The van der Waals surface area contributed by atoms with Gasteiger partial charge >= 0.3 is 0 Å². The minimum absolute atomic E-state index is 0.0348. The third-order valence-electron chi connectivity index (χ3n) is 3.99. The summed E-state index contributed by atoms with van der Waals surface area (Å²) in [4.78, 5) is 25.8. The first-order valence-corrected chi connectivity index (χ1v) is 7.50. The molecule has 1 aliphatic rings. The molecule has 0 bridgehead atoms. The van der Waals surface area contributed by atoms with Crippen LogP contribution in [-0.4, -0.2) is 18.4 Å². The molecule has 4 nitrogen and oxygen atoms in total. The van der Waals surface area contributed by atoms with Crippen molar-refractivity contribution in [2.45, 2.75) is 13.8 Å². The van der Waals surface area contributed by atoms with E-state index in [4.69, 9.17) is 0 Å². The molecule has 0 unspecified atom stereocenters. The second-order valence-electron chi connectivity index (χ2n) is 5.67. The molecule has 23 heavy (non-hydrogen) atoms. The fourth-order valence-electron chi connectivity index (χ4n) is 2.56. The third-order valence-corrected chi connectivity index (χ3v) is 3.99. The Labute approximate surface area is 135 Å². The summed E-state index contributed by atoms with van der Waals surface area (Å²) in [6, 6.07) is 13.3. The maximum absolute atomic E-state index is 12.5. The molecule has 3 rings (SSSR count). The van der Waals surface area contributed by atoms with E-state index in [1.807, 2.05) is 43.3 Å². The Hall–Kier alpha value is -2.88. The van der Waals surface area contributed by atoms with E-state index < -0.39 is 0 Å². The smallest absolute Gasteiger partial charge is 0.251 e. The number of carbonyl (C=O) groups excluding carboxylic acids is 2. The topological polar surface area (TPSA) is 49.4 Å². The standard InChI is InChI=1S/C19H18N2O2/c1-13-7-8-15(11-14(13)2)9-10-19(23)21-12-18(22)20-16-5-3-4-6-17(16)21/h3-11H,12H2,1-2H3,(H,20,22)/b10-9+. The van der Waals surface area contributed by atoms with Crippen LogP contribution in [0.15, 0.2) is 48.5 Å². The summed E-state index contributed by atoms with van der Waals surface area (Å²) in [5.74, 6) is -0.387. The van der Waals surface area contributed by atoms with Crippen LogP contribution in [0.25, 0.3) is 6.08 Å². The number of nitrogens with one attached hydrogen (secondary N) is 1. The van der Waals surface area contributed by atoms with E-state index in [2.05, 4.69) is 12.2 Å². The Morgan fingerprint density at radius 3 is 2.70 bits per heavy atom. The van der Waals surface area contributed by atoms with Crippen molar-refractivity contribution in [2.24, 2.45) is 0 Å². The van der Waals surface area contributed by atoms with E-state index >= 15 is 0 Å². The normalized spacial score (nSPS) is 13.8. The summed E-state index contributed by atoms with van der Waals surface area (Å²) < 4.78 is 0. The van der Waals surface area contributed by atoms with Gasteiger partial charge in [-0.2, -0.15) is 0 Å². The lowest BCUT2D eigenvalue weighted by atomic mass is 10.1. The molecule has 0 radical (unpaired) electrons. The number of nitrogens with zero attached hydrogens (tertiary/aromatic N) is 1. The number of aryl methyl sites for hydroxylation is 2. The van der Waals surface area contributed by atoms with Gasteiger partial charge in [0.2, 0.25) is 5.91 Å². The van der Waals surface area contributed by atoms with Crippen LogP contribution in [-0.2, 0) is 9.59 Å². The number of rotatable bonds is 2. The van der Waals surface area contributed by atoms with Gasteiger partial charge in [0.25, 0.3) is 5.91 Å². The van der Waals surface area contributed by atoms with Crippen LogP contribution >= 0.6 is 0 Å². The quantitative estimate of drug-likeness (QED) is 0.865. The van der Waals surface area contributed by atoms with Crippen molar-refractivity contribution in [1.29, 1.82) is 0 Å². The summed E-state index contributed by atoms with van der Waals surface area (Å²) in [6.45, 7) is 4.13. The van der Waals surface area contributed by atoms with Crippen molar-refractivity contribution in [3.05, 3.63) is 65.2 Å². The van der Waals surface area contributed by atoms with E-state index in [-0.39, 0.29) is 18.4 Å². The lowest BCUT2D eigenvalue weighted by Crippen LogP contribution is -2.41. The first-order chi connectivity index (χ1) is 11.0. The summed E-state index contributed by atoms with van der Waals surface area (Å²) in [5.41, 5.74) is 4.76. The minimum atomic E-state index is -0.203. The zero-order chi connectivity index (χ0) is 16.4. The van der Waals surface area contributed by atoms with Crippen LogP contribution in [0.4, 0.5) is 11.4 Å². The highest BCUT2D eigenvalue weighted by Crippen LogP contribution is 2.29. The highest BCUT2D eigenvalue weighted by molar-refractivity contribution is 6.13. The minimum Gasteiger partial charge on any atom is -0.323 e. The van der Waals surface area contributed by atoms with E-state index in [1.165, 1.54) is 22.1 Å². The number of carbonyl (C=O) groups is 2. The highest BCUT2D eigenvalue weighted by Gasteiger charge is 2.24. The largest absolute Gasteiger partial charge is 0.323 e. The highest BCUT2D eigenvalue weighted by atomic mass is 16.2. The Bertz CT molecular complexity index is 809. The first-order valence-electron chi connectivity index (χ1n) is 7.50. The second kappa shape index (κ2) is 6.08. The Balaban J connectivity index is 1.84. The fraction of sp³-hybridized carbons (Fsp3) is 0.158. The van der Waals surface area contributed by atoms with Crippen molar-refractivity contribution in [2.75, 3.05) is 16.8 Å². The van der Waals surface area contributed by atoms with Crippen LogP contribution in [0, 0.1) is 13.8 Å². The average molecular weight is 306 g/mol. The molecule has 1 heterocycles. The fourth-order valence-corrected chi connectivity index (χ4v) is 2.56. The lowest BCUT2D eigenvalue weighted by molar-refractivity contribution is -0.119. The van der Waals surface area contributed by atoms with E-state index in [9.17, 15) is 9.59 Å². The Morgan fingerprint density at radius 2 is 1.91 bits per heavy atom. The molecule has 116 valence electrons. The summed E-state index contributed by atoms with van der Waals surface area (Å²) >= 11 is 0. The van der Waals surface area contributed by atoms with Crippen molar-refractivity contribution in [3.8, 4) is 0 Å². The van der Waals surface area contributed by atoms with Crippen LogP contribution in [0.5, 0.6) is 0 Å². The number of amides is 2. The molecule has 2 aromatic rings. The van der Waals surface area contributed by atoms with Gasteiger partial charge in [-0.25, -0.2) is 0 Å². The van der Waals surface area contributed by atoms with Gasteiger partial charge in [-0.05, 0) is 48.7 Å². The van der Waals surface area contributed by atoms with Crippen molar-refractivity contribution in [1.82, 2.24) is 0 Å². The molecule has 2 aromatic carbocycles. The molecule has 1 aliphatic heterocycles. The van der Waals surface area contributed by atoms with Crippen LogP contribution in [0.3, 0.4) is 0 Å². The molecule has 0 aliphatic carbocycles. The van der Waals surface area contributed by atoms with Gasteiger partial charge in [-0.1, -0.05) is 30.3 Å². The van der Waals surface area contributed by atoms with Crippen LogP contribution in [0.1, 0.15) is 16.7 Å². The summed E-state index contributed by atoms with van der Waals surface area (Å²) in [6.07, 6.45) is 3.30. The van der Waals surface area contributed by atoms with Gasteiger partial charge < -0.3 is 5.32 Å². The molecule has 0 saturated carbocycles. The van der Waals surface area contributed by atoms with Gasteiger partial charge in [-0.3, -0.25) is 14.5 Å². The predicted octanol–water partition coefficient (Wildman–Crippen LogP) is 3.30. The number of anilines is 2. The van der Waals surface area contributed by atoms with Crippen molar-refractivity contribution in [3.63, 3.8) is 0 Å². The number of para-hydroxylation sites is 2. The SMILES string of the molecule is Cc1ccc(/C=C/C(=O)N2CC(=O)Nc3ccccc32)cc1C. The van der Waals surface area contributed by atoms with E-state index in [0.29, 0.717) is 5.69 Å². The Morgan fingerprint density at radius 1 is 1.13 bits per heavy atom. The number of hydrogen-bond acceptors (Lipinski definition) is 2. The number of hydrogen-bond donors (Lipinski definition) is 1. The average Bonchev–Trinajstić information content (AvgIpc) is 2.54. The van der Waals surface area contributed by atoms with E-state index in [0.717, 1.165) is 11.3 Å². The van der Waals surface area contributed by atoms with E-state index in [1.54, 1.807) is 12.1 Å². The molecule has 0 saturated heterocycles. The molecular formula is C19H18N2O2. The zero-order valence-corrected chi connectivity index (χ0v) is 13.2. The molecule has 0 fully saturated rings. The number of benzene rings is 2. The van der Waals surface area contributed by atoms with Crippen molar-refractivity contribution < 1.29 is 9.59 Å². The van der Waals surface area contributed by atoms with Gasteiger partial charge in [0, 0.05) is 6.08 Å². The third kappa shape index (κ3) is 3.16. The molecule has 0 spiro atoms. The summed E-state index contributed by atoms with van der Waals surface area (Å²) in [7, 11) is 0.